The molecule has 31 heavy (non-hydrogen) atoms. The molecule has 1 aliphatic rings. The molecule has 4 rings (SSSR count). The van der Waals surface area contributed by atoms with E-state index in [1.165, 1.54) is 29.1 Å². The lowest BCUT2D eigenvalue weighted by Crippen LogP contribution is -2.45. The highest BCUT2D eigenvalue weighted by Crippen LogP contribution is 2.21. The molecule has 2 aromatic heterocycles. The minimum atomic E-state index is -0.589. The molecule has 1 saturated heterocycles. The van der Waals surface area contributed by atoms with Gasteiger partial charge in [-0.15, -0.1) is 0 Å². The number of aryl methyl sites for hydroxylation is 1. The zero-order valence-electron chi connectivity index (χ0n) is 17.2. The van der Waals surface area contributed by atoms with E-state index in [1.54, 1.807) is 18.5 Å². The summed E-state index contributed by atoms with van der Waals surface area (Å²) < 4.78 is 17.2. The molecule has 1 aromatic carbocycles. The fourth-order valence-corrected chi connectivity index (χ4v) is 3.93. The predicted octanol–water partition coefficient (Wildman–Crippen LogP) is 2.94. The van der Waals surface area contributed by atoms with Gasteiger partial charge < -0.3 is 10.2 Å². The Hall–Kier alpha value is -3.49. The maximum Gasteiger partial charge on any atom is 0.258 e. The summed E-state index contributed by atoms with van der Waals surface area (Å²) in [5.41, 5.74) is 0.370. The molecule has 162 valence electrons. The zero-order valence-corrected chi connectivity index (χ0v) is 17.2. The van der Waals surface area contributed by atoms with E-state index < -0.39 is 11.7 Å². The van der Waals surface area contributed by atoms with Gasteiger partial charge in [0.15, 0.2) is 0 Å². The Balaban J connectivity index is 1.35. The van der Waals surface area contributed by atoms with Crippen molar-refractivity contribution < 1.29 is 14.0 Å². The summed E-state index contributed by atoms with van der Waals surface area (Å²) >= 11 is 0. The van der Waals surface area contributed by atoms with Gasteiger partial charge in [-0.05, 0) is 43.9 Å². The summed E-state index contributed by atoms with van der Waals surface area (Å²) in [4.78, 5) is 27.1. The van der Waals surface area contributed by atoms with Crippen LogP contribution in [-0.2, 0) is 17.9 Å². The first-order valence-electron chi connectivity index (χ1n) is 10.5. The second kappa shape index (κ2) is 9.55. The standard InChI is InChI=1S/C22H25FN6O2/c23-20-8-2-1-7-19(20)22(31)26-17-14-25-28(15-17)16-21(30)29-12-4-3-6-18(29)9-13-27-11-5-10-24-27/h1-2,5,7-8,10-11,14-15,18H,3-4,6,9,12-13,16H2,(H,26,31). The van der Waals surface area contributed by atoms with Crippen molar-refractivity contribution in [2.45, 2.75) is 44.8 Å². The maximum atomic E-state index is 13.8. The lowest BCUT2D eigenvalue weighted by atomic mass is 9.99. The highest BCUT2D eigenvalue weighted by atomic mass is 19.1. The third-order valence-corrected chi connectivity index (χ3v) is 5.50. The summed E-state index contributed by atoms with van der Waals surface area (Å²) in [6.45, 7) is 1.60. The molecule has 1 aliphatic heterocycles. The number of carbonyl (C=O) groups is 2. The van der Waals surface area contributed by atoms with Gasteiger partial charge in [-0.1, -0.05) is 12.1 Å². The van der Waals surface area contributed by atoms with Crippen molar-refractivity contribution >= 4 is 17.5 Å². The van der Waals surface area contributed by atoms with E-state index in [4.69, 9.17) is 0 Å². The van der Waals surface area contributed by atoms with Crippen LogP contribution in [0.5, 0.6) is 0 Å². The van der Waals surface area contributed by atoms with Crippen molar-refractivity contribution in [3.8, 4) is 0 Å². The Morgan fingerprint density at radius 2 is 2.00 bits per heavy atom. The second-order valence-corrected chi connectivity index (χ2v) is 7.66. The largest absolute Gasteiger partial charge is 0.338 e. The molecule has 1 N–H and O–H groups in total. The molecule has 1 unspecified atom stereocenters. The Morgan fingerprint density at radius 3 is 2.81 bits per heavy atom. The minimum Gasteiger partial charge on any atom is -0.338 e. The number of likely N-dealkylation sites (tertiary alicyclic amines) is 1. The van der Waals surface area contributed by atoms with Crippen molar-refractivity contribution in [1.29, 1.82) is 0 Å². The molecule has 0 saturated carbocycles. The molecule has 0 bridgehead atoms. The smallest absolute Gasteiger partial charge is 0.258 e. The van der Waals surface area contributed by atoms with Gasteiger partial charge in [0, 0.05) is 37.7 Å². The van der Waals surface area contributed by atoms with Crippen molar-refractivity contribution in [2.75, 3.05) is 11.9 Å². The van der Waals surface area contributed by atoms with Gasteiger partial charge >= 0.3 is 0 Å². The molecule has 1 atom stereocenters. The average molecular weight is 424 g/mol. The minimum absolute atomic E-state index is 0.000227. The Labute approximate surface area is 179 Å². The Kier molecular flexibility index (Phi) is 6.40. The number of aromatic nitrogens is 4. The highest BCUT2D eigenvalue weighted by molar-refractivity contribution is 6.04. The number of hydrogen-bond acceptors (Lipinski definition) is 4. The molecular weight excluding hydrogens is 399 g/mol. The lowest BCUT2D eigenvalue weighted by Gasteiger charge is -2.36. The number of piperidine rings is 1. The predicted molar refractivity (Wildman–Crippen MR) is 113 cm³/mol. The van der Waals surface area contributed by atoms with Crippen LogP contribution in [0.2, 0.25) is 0 Å². The molecule has 0 radical (unpaired) electrons. The molecular formula is C22H25FN6O2. The fraction of sp³-hybridized carbons (Fsp3) is 0.364. The van der Waals surface area contributed by atoms with E-state index in [0.717, 1.165) is 38.8 Å². The van der Waals surface area contributed by atoms with Crippen LogP contribution < -0.4 is 5.32 Å². The number of halogens is 1. The van der Waals surface area contributed by atoms with E-state index in [1.807, 2.05) is 21.8 Å². The van der Waals surface area contributed by atoms with Crippen LogP contribution >= 0.6 is 0 Å². The van der Waals surface area contributed by atoms with Gasteiger partial charge in [0.1, 0.15) is 12.4 Å². The fourth-order valence-electron chi connectivity index (χ4n) is 3.93. The first-order valence-corrected chi connectivity index (χ1v) is 10.5. The second-order valence-electron chi connectivity index (χ2n) is 7.66. The first-order chi connectivity index (χ1) is 15.1. The molecule has 1 fully saturated rings. The van der Waals surface area contributed by atoms with Gasteiger partial charge in [0.25, 0.3) is 5.91 Å². The summed E-state index contributed by atoms with van der Waals surface area (Å²) in [6, 6.07) is 7.85. The number of nitrogens with one attached hydrogen (secondary N) is 1. The van der Waals surface area contributed by atoms with Crippen LogP contribution in [0.1, 0.15) is 36.0 Å². The van der Waals surface area contributed by atoms with Crippen LogP contribution in [0.3, 0.4) is 0 Å². The molecule has 0 spiro atoms. The molecule has 2 amide bonds. The average Bonchev–Trinajstić information content (AvgIpc) is 3.45. The Morgan fingerprint density at radius 1 is 1.13 bits per heavy atom. The van der Waals surface area contributed by atoms with E-state index in [0.29, 0.717) is 5.69 Å². The number of anilines is 1. The van der Waals surface area contributed by atoms with Crippen molar-refractivity contribution in [3.63, 3.8) is 0 Å². The van der Waals surface area contributed by atoms with Crippen molar-refractivity contribution in [2.24, 2.45) is 0 Å². The SMILES string of the molecule is O=C(Nc1cnn(CC(=O)N2CCCCC2CCn2cccn2)c1)c1ccccc1F. The number of carbonyl (C=O) groups excluding carboxylic acids is 2. The number of hydrogen-bond donors (Lipinski definition) is 1. The van der Waals surface area contributed by atoms with Crippen molar-refractivity contribution in [1.82, 2.24) is 24.5 Å². The summed E-state index contributed by atoms with van der Waals surface area (Å²) in [5.74, 6) is -1.15. The normalized spacial score (nSPS) is 16.3. The number of nitrogens with zero attached hydrogens (tertiary/aromatic N) is 5. The van der Waals surface area contributed by atoms with Gasteiger partial charge in [0.2, 0.25) is 5.91 Å². The quantitative estimate of drug-likeness (QED) is 0.632. The van der Waals surface area contributed by atoms with E-state index in [9.17, 15) is 14.0 Å². The van der Waals surface area contributed by atoms with Crippen LogP contribution in [-0.4, -0.2) is 48.9 Å². The third-order valence-electron chi connectivity index (χ3n) is 5.50. The van der Waals surface area contributed by atoms with Crippen LogP contribution in [0.4, 0.5) is 10.1 Å². The summed E-state index contributed by atoms with van der Waals surface area (Å²) in [7, 11) is 0. The number of rotatable bonds is 7. The third kappa shape index (κ3) is 5.17. The van der Waals surface area contributed by atoms with Gasteiger partial charge in [-0.25, -0.2) is 4.39 Å². The van der Waals surface area contributed by atoms with Crippen molar-refractivity contribution in [3.05, 3.63) is 66.5 Å². The van der Waals surface area contributed by atoms with Gasteiger partial charge in [-0.3, -0.25) is 19.0 Å². The highest BCUT2D eigenvalue weighted by Gasteiger charge is 2.26. The van der Waals surface area contributed by atoms with Crippen LogP contribution in [0, 0.1) is 5.82 Å². The van der Waals surface area contributed by atoms with E-state index >= 15 is 0 Å². The monoisotopic (exact) mass is 424 g/mol. The van der Waals surface area contributed by atoms with E-state index in [-0.39, 0.29) is 24.1 Å². The molecule has 3 aromatic rings. The first kappa shape index (κ1) is 20.8. The van der Waals surface area contributed by atoms with E-state index in [2.05, 4.69) is 15.5 Å². The molecule has 3 heterocycles. The number of benzene rings is 1. The summed E-state index contributed by atoms with van der Waals surface area (Å²) in [5, 5.41) is 11.0. The van der Waals surface area contributed by atoms with Crippen LogP contribution in [0.25, 0.3) is 0 Å². The van der Waals surface area contributed by atoms with Gasteiger partial charge in [0.05, 0.1) is 17.4 Å². The lowest BCUT2D eigenvalue weighted by molar-refractivity contribution is -0.136. The van der Waals surface area contributed by atoms with Crippen LogP contribution in [0.15, 0.2) is 55.1 Å². The molecule has 9 heteroatoms. The summed E-state index contributed by atoms with van der Waals surface area (Å²) in [6.07, 6.45) is 10.7. The maximum absolute atomic E-state index is 13.8. The van der Waals surface area contributed by atoms with Gasteiger partial charge in [-0.2, -0.15) is 10.2 Å². The molecule has 0 aliphatic carbocycles. The topological polar surface area (TPSA) is 85.0 Å². The zero-order chi connectivity index (χ0) is 21.6. The number of amides is 2. The Bertz CT molecular complexity index is 1030. The molecule has 8 nitrogen and oxygen atoms in total.